The van der Waals surface area contributed by atoms with Crippen LogP contribution >= 0.6 is 11.6 Å². The molecule has 0 aliphatic carbocycles. The second kappa shape index (κ2) is 3.57. The highest BCUT2D eigenvalue weighted by molar-refractivity contribution is 6.28. The Kier molecular flexibility index (Phi) is 2.08. The Morgan fingerprint density at radius 1 is 1.06 bits per heavy atom. The van der Waals surface area contributed by atoms with E-state index in [-0.39, 0.29) is 5.28 Å². The molecule has 0 unspecified atom stereocenters. The normalized spacial score (nSPS) is 10.8. The molecule has 0 bridgehead atoms. The van der Waals surface area contributed by atoms with Crippen molar-refractivity contribution in [3.05, 3.63) is 48.1 Å². The third-order valence-electron chi connectivity index (χ3n) is 2.30. The van der Waals surface area contributed by atoms with E-state index in [0.717, 1.165) is 11.2 Å². The third kappa shape index (κ3) is 1.44. The predicted molar refractivity (Wildman–Crippen MR) is 61.7 cm³/mol. The molecular weight excluding hydrogens is 224 g/mol. The van der Waals surface area contributed by atoms with E-state index in [1.54, 1.807) is 12.5 Å². The molecule has 0 aliphatic rings. The zero-order valence-electron chi connectivity index (χ0n) is 8.21. The van der Waals surface area contributed by atoms with Crippen LogP contribution < -0.4 is 0 Å². The van der Waals surface area contributed by atoms with E-state index < -0.39 is 0 Å². The molecule has 0 fully saturated rings. The average Bonchev–Trinajstić information content (AvgIpc) is 2.73. The second-order valence-electron chi connectivity index (χ2n) is 3.30. The molecule has 4 nitrogen and oxygen atoms in total. The molecule has 2 aromatic heterocycles. The van der Waals surface area contributed by atoms with Crippen molar-refractivity contribution in [2.24, 2.45) is 0 Å². The molecule has 0 saturated heterocycles. The van der Waals surface area contributed by atoms with Gasteiger partial charge in [-0.25, -0.2) is 9.97 Å². The standard InChI is InChI=1S/C11H7ClN4/c12-11-13-6-9-10(15-11)16(7-14-9)8-4-2-1-3-5-8/h1-7H. The Morgan fingerprint density at radius 2 is 1.88 bits per heavy atom. The molecule has 0 atom stereocenters. The average molecular weight is 231 g/mol. The summed E-state index contributed by atoms with van der Waals surface area (Å²) < 4.78 is 1.88. The minimum absolute atomic E-state index is 0.227. The third-order valence-corrected chi connectivity index (χ3v) is 2.48. The van der Waals surface area contributed by atoms with Crippen LogP contribution in [0.4, 0.5) is 0 Å². The molecule has 16 heavy (non-hydrogen) atoms. The molecule has 78 valence electrons. The van der Waals surface area contributed by atoms with Crippen molar-refractivity contribution < 1.29 is 0 Å². The van der Waals surface area contributed by atoms with Gasteiger partial charge < -0.3 is 0 Å². The van der Waals surface area contributed by atoms with Crippen LogP contribution in [0.2, 0.25) is 5.28 Å². The van der Waals surface area contributed by atoms with Crippen molar-refractivity contribution in [2.75, 3.05) is 0 Å². The number of imidazole rings is 1. The number of hydrogen-bond donors (Lipinski definition) is 0. The van der Waals surface area contributed by atoms with Crippen molar-refractivity contribution in [1.82, 2.24) is 19.5 Å². The van der Waals surface area contributed by atoms with Crippen LogP contribution in [0.1, 0.15) is 0 Å². The van der Waals surface area contributed by atoms with E-state index in [2.05, 4.69) is 15.0 Å². The largest absolute Gasteiger partial charge is 0.283 e. The van der Waals surface area contributed by atoms with Gasteiger partial charge in [0.2, 0.25) is 5.28 Å². The van der Waals surface area contributed by atoms with E-state index >= 15 is 0 Å². The van der Waals surface area contributed by atoms with Gasteiger partial charge in [-0.2, -0.15) is 4.98 Å². The van der Waals surface area contributed by atoms with Gasteiger partial charge in [0.05, 0.1) is 6.20 Å². The summed E-state index contributed by atoms with van der Waals surface area (Å²) in [6.07, 6.45) is 3.33. The first-order valence-electron chi connectivity index (χ1n) is 4.75. The first-order valence-corrected chi connectivity index (χ1v) is 5.13. The van der Waals surface area contributed by atoms with Gasteiger partial charge in [0.1, 0.15) is 11.8 Å². The maximum atomic E-state index is 5.77. The zero-order chi connectivity index (χ0) is 11.0. The molecule has 0 amide bonds. The molecular formula is C11H7ClN4. The molecule has 1 aromatic carbocycles. The molecule has 3 aromatic rings. The maximum absolute atomic E-state index is 5.77. The maximum Gasteiger partial charge on any atom is 0.224 e. The topological polar surface area (TPSA) is 43.6 Å². The number of hydrogen-bond acceptors (Lipinski definition) is 3. The summed E-state index contributed by atoms with van der Waals surface area (Å²) >= 11 is 5.77. The van der Waals surface area contributed by atoms with Gasteiger partial charge in [-0.15, -0.1) is 0 Å². The van der Waals surface area contributed by atoms with Crippen LogP contribution in [0.25, 0.3) is 16.9 Å². The number of fused-ring (bicyclic) bond motifs is 1. The lowest BCUT2D eigenvalue weighted by Crippen LogP contribution is -1.94. The van der Waals surface area contributed by atoms with Crippen LogP contribution in [0.15, 0.2) is 42.9 Å². The van der Waals surface area contributed by atoms with Gasteiger partial charge in [0.25, 0.3) is 0 Å². The lowest BCUT2D eigenvalue weighted by atomic mass is 10.3. The second-order valence-corrected chi connectivity index (χ2v) is 3.64. The Hall–Kier alpha value is -1.94. The fourth-order valence-corrected chi connectivity index (χ4v) is 1.70. The molecule has 5 heteroatoms. The summed E-state index contributed by atoms with van der Waals surface area (Å²) in [6.45, 7) is 0. The van der Waals surface area contributed by atoms with Gasteiger partial charge >= 0.3 is 0 Å². The molecule has 3 rings (SSSR count). The van der Waals surface area contributed by atoms with E-state index in [1.807, 2.05) is 34.9 Å². The van der Waals surface area contributed by atoms with E-state index in [1.165, 1.54) is 0 Å². The molecule has 0 spiro atoms. The zero-order valence-corrected chi connectivity index (χ0v) is 8.96. The molecule has 2 heterocycles. The van der Waals surface area contributed by atoms with Crippen LogP contribution in [0.3, 0.4) is 0 Å². The molecule has 0 saturated carbocycles. The van der Waals surface area contributed by atoms with Gasteiger partial charge in [-0.1, -0.05) is 18.2 Å². The van der Waals surface area contributed by atoms with Gasteiger partial charge in [-0.05, 0) is 23.7 Å². The summed E-state index contributed by atoms with van der Waals surface area (Å²) in [5.41, 5.74) is 2.44. The number of nitrogens with zero attached hydrogens (tertiary/aromatic N) is 4. The predicted octanol–water partition coefficient (Wildman–Crippen LogP) is 2.47. The van der Waals surface area contributed by atoms with Crippen molar-refractivity contribution >= 4 is 22.8 Å². The monoisotopic (exact) mass is 230 g/mol. The lowest BCUT2D eigenvalue weighted by molar-refractivity contribution is 1.06. The fraction of sp³-hybridized carbons (Fsp3) is 0. The number of para-hydroxylation sites is 1. The molecule has 0 aliphatic heterocycles. The Labute approximate surface area is 96.6 Å². The van der Waals surface area contributed by atoms with Crippen LogP contribution in [0.5, 0.6) is 0 Å². The first-order chi connectivity index (χ1) is 7.84. The number of rotatable bonds is 1. The highest BCUT2D eigenvalue weighted by Crippen LogP contribution is 2.16. The van der Waals surface area contributed by atoms with Gasteiger partial charge in [0, 0.05) is 5.69 Å². The van der Waals surface area contributed by atoms with E-state index in [0.29, 0.717) is 5.65 Å². The smallest absolute Gasteiger partial charge is 0.224 e. The number of aromatic nitrogens is 4. The summed E-state index contributed by atoms with van der Waals surface area (Å²) in [7, 11) is 0. The van der Waals surface area contributed by atoms with E-state index in [4.69, 9.17) is 11.6 Å². The van der Waals surface area contributed by atoms with Crippen molar-refractivity contribution in [3.63, 3.8) is 0 Å². The van der Waals surface area contributed by atoms with E-state index in [9.17, 15) is 0 Å². The molecule has 0 radical (unpaired) electrons. The Morgan fingerprint density at radius 3 is 2.69 bits per heavy atom. The fourth-order valence-electron chi connectivity index (χ4n) is 1.57. The molecule has 0 N–H and O–H groups in total. The van der Waals surface area contributed by atoms with Crippen LogP contribution in [-0.4, -0.2) is 19.5 Å². The van der Waals surface area contributed by atoms with Crippen LogP contribution in [0, 0.1) is 0 Å². The number of benzene rings is 1. The van der Waals surface area contributed by atoms with Crippen molar-refractivity contribution in [2.45, 2.75) is 0 Å². The summed E-state index contributed by atoms with van der Waals surface area (Å²) in [6, 6.07) is 9.85. The highest BCUT2D eigenvalue weighted by Gasteiger charge is 2.06. The summed E-state index contributed by atoms with van der Waals surface area (Å²) in [5, 5.41) is 0.227. The summed E-state index contributed by atoms with van der Waals surface area (Å²) in [4.78, 5) is 12.3. The van der Waals surface area contributed by atoms with Gasteiger partial charge in [0.15, 0.2) is 5.65 Å². The quantitative estimate of drug-likeness (QED) is 0.603. The highest BCUT2D eigenvalue weighted by atomic mass is 35.5. The van der Waals surface area contributed by atoms with Gasteiger partial charge in [-0.3, -0.25) is 4.57 Å². The first kappa shape index (κ1) is 9.30. The SMILES string of the molecule is Clc1ncc2ncn(-c3ccccc3)c2n1. The Balaban J connectivity index is 2.29. The van der Waals surface area contributed by atoms with Crippen molar-refractivity contribution in [1.29, 1.82) is 0 Å². The van der Waals surface area contributed by atoms with Crippen LogP contribution in [-0.2, 0) is 0 Å². The lowest BCUT2D eigenvalue weighted by Gasteiger charge is -2.02. The minimum atomic E-state index is 0.227. The van der Waals surface area contributed by atoms with Crippen molar-refractivity contribution in [3.8, 4) is 5.69 Å². The minimum Gasteiger partial charge on any atom is -0.283 e. The Bertz CT molecular complexity index is 633. The number of halogens is 1. The summed E-state index contributed by atoms with van der Waals surface area (Å²) in [5.74, 6) is 0.